The van der Waals surface area contributed by atoms with Crippen molar-refractivity contribution in [2.24, 2.45) is 17.6 Å². The summed E-state index contributed by atoms with van der Waals surface area (Å²) in [5.74, 6) is 0.791. The van der Waals surface area contributed by atoms with E-state index in [1.165, 1.54) is 11.6 Å². The van der Waals surface area contributed by atoms with Gasteiger partial charge in [0, 0.05) is 31.7 Å². The second-order valence-corrected chi connectivity index (χ2v) is 14.0. The fraction of sp³-hybridized carbons (Fsp3) is 0.486. The molecule has 3 aliphatic rings. The van der Waals surface area contributed by atoms with Crippen molar-refractivity contribution in [1.29, 1.82) is 0 Å². The molecule has 2 aliphatic heterocycles. The predicted molar refractivity (Wildman–Crippen MR) is 181 cm³/mol. The van der Waals surface area contributed by atoms with Crippen LogP contribution in [0.15, 0.2) is 78.9 Å². The number of piperidine rings is 2. The summed E-state index contributed by atoms with van der Waals surface area (Å²) in [6.45, 7) is 8.16. The molecular weight excluding hydrogens is 609 g/mol. The maximum absolute atomic E-state index is 13.4. The summed E-state index contributed by atoms with van der Waals surface area (Å²) in [4.78, 5) is 17.9. The Morgan fingerprint density at radius 3 is 1.89 bits per heavy atom. The molecule has 0 bridgehead atoms. The summed E-state index contributed by atoms with van der Waals surface area (Å²) in [7, 11) is 4.19. The summed E-state index contributed by atoms with van der Waals surface area (Å²) in [6, 6.07) is 23.9. The van der Waals surface area contributed by atoms with Crippen LogP contribution in [0.1, 0.15) is 78.1 Å². The largest absolute Gasteiger partial charge is 0.416 e. The van der Waals surface area contributed by atoms with Crippen LogP contribution in [0.4, 0.5) is 13.2 Å². The molecule has 3 aromatic carbocycles. The van der Waals surface area contributed by atoms with E-state index in [1.807, 2.05) is 43.4 Å². The number of carbonyl (C=O) groups excluding carboxylic acids is 1. The van der Waals surface area contributed by atoms with Crippen molar-refractivity contribution in [2.45, 2.75) is 62.7 Å². The first kappa shape index (κ1) is 35.9. The van der Waals surface area contributed by atoms with Crippen molar-refractivity contribution in [3.05, 3.63) is 107 Å². The Kier molecular flexibility index (Phi) is 11.3. The highest BCUT2D eigenvalue weighted by Gasteiger charge is 2.42. The van der Waals surface area contributed by atoms with Crippen molar-refractivity contribution < 1.29 is 18.0 Å². The van der Waals surface area contributed by atoms with Gasteiger partial charge in [0.05, 0.1) is 16.6 Å². The number of hydrogen-bond acceptors (Lipinski definition) is 4. The topological polar surface area (TPSA) is 61.6 Å². The average Bonchev–Trinajstić information content (AvgIpc) is 3.82. The van der Waals surface area contributed by atoms with Gasteiger partial charge in [-0.2, -0.15) is 13.2 Å². The van der Waals surface area contributed by atoms with Gasteiger partial charge in [-0.05, 0) is 92.4 Å². The first-order chi connectivity index (χ1) is 21.3. The molecule has 0 aromatic heterocycles. The van der Waals surface area contributed by atoms with Crippen LogP contribution < -0.4 is 11.1 Å². The predicted octanol–water partition coefficient (Wildman–Crippen LogP) is 7.41. The van der Waals surface area contributed by atoms with Crippen molar-refractivity contribution in [3.63, 3.8) is 0 Å². The van der Waals surface area contributed by atoms with E-state index in [2.05, 4.69) is 60.3 Å². The zero-order chi connectivity index (χ0) is 32.4. The van der Waals surface area contributed by atoms with Crippen LogP contribution in [-0.2, 0) is 17.3 Å². The molecule has 0 radical (unpaired) electrons. The molecule has 0 spiro atoms. The summed E-state index contributed by atoms with van der Waals surface area (Å²) < 4.78 is 39.7. The Labute approximate surface area is 278 Å². The standard InChI is InChI=1S/C24H27F3N2O.C13H20N2.ClH/c1-16-13-23(15-29(2)14-16,18-6-4-3-5-7-18)28-22(30)20-11-10-19(24(25,26)27)12-21(20)17-8-9-17;1-11-8-13(14,10-15(2)9-11)12-6-4-3-5-7-12;/h3-7,10-12,16-17H,8-9,13-15H2,1-2H3,(H,28,30);3-7,11H,8-10,14H2,1-2H3;1H. The molecule has 1 aliphatic carbocycles. The summed E-state index contributed by atoms with van der Waals surface area (Å²) >= 11 is 0. The number of amides is 1. The highest BCUT2D eigenvalue weighted by molar-refractivity contribution is 5.96. The van der Waals surface area contributed by atoms with Gasteiger partial charge in [-0.15, -0.1) is 12.4 Å². The van der Waals surface area contributed by atoms with E-state index >= 15 is 0 Å². The molecule has 3 N–H and O–H groups in total. The van der Waals surface area contributed by atoms with Crippen LogP contribution in [-0.4, -0.2) is 56.0 Å². The zero-order valence-electron chi connectivity index (χ0n) is 27.3. The molecule has 2 saturated heterocycles. The maximum atomic E-state index is 13.4. The quantitative estimate of drug-likeness (QED) is 0.300. The molecule has 1 amide bonds. The monoisotopic (exact) mass is 656 g/mol. The molecule has 3 fully saturated rings. The third-order valence-electron chi connectivity index (χ3n) is 9.42. The molecule has 5 nitrogen and oxygen atoms in total. The van der Waals surface area contributed by atoms with Crippen LogP contribution in [0.25, 0.3) is 0 Å². The number of likely N-dealkylation sites (tertiary alicyclic amines) is 2. The molecule has 46 heavy (non-hydrogen) atoms. The fourth-order valence-electron chi connectivity index (χ4n) is 7.68. The third-order valence-corrected chi connectivity index (χ3v) is 9.42. The molecule has 2 heterocycles. The van der Waals surface area contributed by atoms with E-state index in [1.54, 1.807) is 0 Å². The van der Waals surface area contributed by atoms with E-state index in [0.717, 1.165) is 63.0 Å². The SMILES string of the molecule is CC1CN(C)CC(N)(c2ccccc2)C1.CC1CN(C)CC(NC(=O)c2ccc(C(F)(F)F)cc2C2CC2)(c2ccccc2)C1.Cl. The molecule has 250 valence electrons. The Morgan fingerprint density at radius 1 is 0.826 bits per heavy atom. The molecule has 4 unspecified atom stereocenters. The van der Waals surface area contributed by atoms with Crippen molar-refractivity contribution in [2.75, 3.05) is 40.3 Å². The number of hydrogen-bond donors (Lipinski definition) is 2. The van der Waals surface area contributed by atoms with Crippen molar-refractivity contribution in [3.8, 4) is 0 Å². The van der Waals surface area contributed by atoms with E-state index in [-0.39, 0.29) is 29.8 Å². The maximum Gasteiger partial charge on any atom is 0.416 e. The fourth-order valence-corrected chi connectivity index (χ4v) is 7.68. The Balaban J connectivity index is 0.000000253. The Morgan fingerprint density at radius 2 is 1.37 bits per heavy atom. The van der Waals surface area contributed by atoms with Gasteiger partial charge in [0.25, 0.3) is 5.91 Å². The van der Waals surface area contributed by atoms with Crippen LogP contribution in [0.3, 0.4) is 0 Å². The van der Waals surface area contributed by atoms with Crippen LogP contribution in [0.5, 0.6) is 0 Å². The second-order valence-electron chi connectivity index (χ2n) is 14.0. The molecule has 9 heteroatoms. The van der Waals surface area contributed by atoms with E-state index < -0.39 is 17.3 Å². The highest BCUT2D eigenvalue weighted by Crippen LogP contribution is 2.44. The smallest absolute Gasteiger partial charge is 0.341 e. The number of alkyl halides is 3. The average molecular weight is 657 g/mol. The van der Waals surface area contributed by atoms with Crippen LogP contribution in [0, 0.1) is 11.8 Å². The van der Waals surface area contributed by atoms with Gasteiger partial charge >= 0.3 is 6.18 Å². The molecule has 3 aromatic rings. The van der Waals surface area contributed by atoms with Crippen molar-refractivity contribution in [1.82, 2.24) is 15.1 Å². The number of nitrogens with one attached hydrogen (secondary N) is 1. The summed E-state index contributed by atoms with van der Waals surface area (Å²) in [6.07, 6.45) is -0.893. The lowest BCUT2D eigenvalue weighted by Crippen LogP contribution is -2.57. The molecule has 6 rings (SSSR count). The van der Waals surface area contributed by atoms with Crippen LogP contribution >= 0.6 is 12.4 Å². The number of rotatable bonds is 5. The number of carbonyl (C=O) groups is 1. The van der Waals surface area contributed by atoms with Gasteiger partial charge < -0.3 is 20.9 Å². The lowest BCUT2D eigenvalue weighted by atomic mass is 9.78. The Bertz CT molecular complexity index is 1430. The number of benzene rings is 3. The van der Waals surface area contributed by atoms with Gasteiger partial charge in [0.1, 0.15) is 0 Å². The van der Waals surface area contributed by atoms with Gasteiger partial charge in [0.15, 0.2) is 0 Å². The van der Waals surface area contributed by atoms with Gasteiger partial charge in [-0.3, -0.25) is 4.79 Å². The lowest BCUT2D eigenvalue weighted by molar-refractivity contribution is -0.137. The van der Waals surface area contributed by atoms with E-state index in [9.17, 15) is 18.0 Å². The minimum atomic E-state index is -4.41. The van der Waals surface area contributed by atoms with Crippen molar-refractivity contribution >= 4 is 18.3 Å². The molecule has 1 saturated carbocycles. The number of nitrogens with two attached hydrogens (primary N) is 1. The lowest BCUT2D eigenvalue weighted by Gasteiger charge is -2.45. The minimum Gasteiger partial charge on any atom is -0.341 e. The van der Waals surface area contributed by atoms with Crippen LogP contribution in [0.2, 0.25) is 0 Å². The minimum absolute atomic E-state index is 0. The zero-order valence-corrected chi connectivity index (χ0v) is 28.1. The van der Waals surface area contributed by atoms with E-state index in [0.29, 0.717) is 29.5 Å². The van der Waals surface area contributed by atoms with Gasteiger partial charge in [-0.25, -0.2) is 0 Å². The highest BCUT2D eigenvalue weighted by atomic mass is 35.5. The number of nitrogens with zero attached hydrogens (tertiary/aromatic N) is 2. The number of likely N-dealkylation sites (N-methyl/N-ethyl adjacent to an activating group) is 2. The second kappa shape index (κ2) is 14.5. The normalized spacial score (nSPS) is 27.1. The van der Waals surface area contributed by atoms with E-state index in [4.69, 9.17) is 5.73 Å². The van der Waals surface area contributed by atoms with Gasteiger partial charge in [-0.1, -0.05) is 74.5 Å². The first-order valence-corrected chi connectivity index (χ1v) is 16.1. The van der Waals surface area contributed by atoms with Gasteiger partial charge in [0.2, 0.25) is 0 Å². The Hall–Kier alpha value is -2.91. The number of halogens is 4. The molecular formula is C37H48ClF3N4O. The summed E-state index contributed by atoms with van der Waals surface area (Å²) in [5, 5.41) is 3.25. The summed E-state index contributed by atoms with van der Waals surface area (Å²) in [5.41, 5.74) is 8.27. The first-order valence-electron chi connectivity index (χ1n) is 16.1. The third kappa shape index (κ3) is 8.51. The molecule has 4 atom stereocenters.